The van der Waals surface area contributed by atoms with Crippen LogP contribution in [0.2, 0.25) is 0 Å². The lowest BCUT2D eigenvalue weighted by Crippen LogP contribution is -2.29. The van der Waals surface area contributed by atoms with Crippen molar-refractivity contribution in [1.29, 1.82) is 0 Å². The maximum atomic E-state index is 12.9. The van der Waals surface area contributed by atoms with Crippen LogP contribution in [0.5, 0.6) is 0 Å². The van der Waals surface area contributed by atoms with Crippen molar-refractivity contribution in [3.63, 3.8) is 0 Å². The minimum Gasteiger partial charge on any atom is -0.336 e. The first-order valence-corrected chi connectivity index (χ1v) is 9.85. The summed E-state index contributed by atoms with van der Waals surface area (Å²) in [5.74, 6) is 0.891. The number of nitrogens with zero attached hydrogens (tertiary/aromatic N) is 6. The third kappa shape index (κ3) is 3.36. The van der Waals surface area contributed by atoms with E-state index in [4.69, 9.17) is 4.52 Å². The summed E-state index contributed by atoms with van der Waals surface area (Å²) in [6.07, 6.45) is 2.62. The Kier molecular flexibility index (Phi) is 4.59. The number of amides is 1. The molecule has 8 nitrogen and oxygen atoms in total. The van der Waals surface area contributed by atoms with E-state index < -0.39 is 0 Å². The average molecular weight is 400 g/mol. The van der Waals surface area contributed by atoms with E-state index in [1.54, 1.807) is 10.9 Å². The third-order valence-corrected chi connectivity index (χ3v) is 5.39. The molecule has 0 radical (unpaired) electrons. The van der Waals surface area contributed by atoms with E-state index >= 15 is 0 Å². The number of hydrogen-bond acceptors (Lipinski definition) is 6. The summed E-state index contributed by atoms with van der Waals surface area (Å²) in [5, 5.41) is 12.5. The van der Waals surface area contributed by atoms with Crippen LogP contribution >= 0.6 is 0 Å². The van der Waals surface area contributed by atoms with Crippen LogP contribution in [-0.4, -0.2) is 49.0 Å². The maximum Gasteiger partial charge on any atom is 0.280 e. The van der Waals surface area contributed by atoms with E-state index in [1.165, 1.54) is 0 Å². The SMILES string of the molecule is Cc1ccccc1C(=O)N1CC[C@@H](n2cc(-c3nc(-c4ccccc4)no3)nn2)C1. The summed E-state index contributed by atoms with van der Waals surface area (Å²) in [5.41, 5.74) is 3.13. The van der Waals surface area contributed by atoms with Crippen molar-refractivity contribution >= 4 is 5.91 Å². The van der Waals surface area contributed by atoms with E-state index in [0.29, 0.717) is 30.5 Å². The number of aryl methyl sites for hydroxylation is 1. The fourth-order valence-corrected chi connectivity index (χ4v) is 3.71. The highest BCUT2D eigenvalue weighted by molar-refractivity contribution is 5.95. The predicted molar refractivity (Wildman–Crippen MR) is 109 cm³/mol. The fourth-order valence-electron chi connectivity index (χ4n) is 3.71. The van der Waals surface area contributed by atoms with Gasteiger partial charge in [-0.05, 0) is 25.0 Å². The lowest BCUT2D eigenvalue weighted by Gasteiger charge is -2.17. The van der Waals surface area contributed by atoms with Crippen LogP contribution in [0.15, 0.2) is 65.3 Å². The molecule has 1 amide bonds. The zero-order chi connectivity index (χ0) is 20.5. The molecule has 1 aliphatic rings. The number of carbonyl (C=O) groups is 1. The van der Waals surface area contributed by atoms with Crippen molar-refractivity contribution in [2.75, 3.05) is 13.1 Å². The Morgan fingerprint density at radius 1 is 1.10 bits per heavy atom. The molecular formula is C22H20N6O2. The van der Waals surface area contributed by atoms with Crippen LogP contribution in [0.25, 0.3) is 23.0 Å². The first kappa shape index (κ1) is 18.2. The van der Waals surface area contributed by atoms with E-state index in [9.17, 15) is 4.79 Å². The molecule has 150 valence electrons. The molecule has 2 aromatic heterocycles. The molecular weight excluding hydrogens is 380 g/mol. The Morgan fingerprint density at radius 2 is 1.90 bits per heavy atom. The van der Waals surface area contributed by atoms with Gasteiger partial charge in [0.1, 0.15) is 0 Å². The van der Waals surface area contributed by atoms with E-state index in [1.807, 2.05) is 66.4 Å². The van der Waals surface area contributed by atoms with E-state index in [-0.39, 0.29) is 11.9 Å². The van der Waals surface area contributed by atoms with Gasteiger partial charge in [0.15, 0.2) is 5.69 Å². The summed E-state index contributed by atoms with van der Waals surface area (Å²) in [6.45, 7) is 3.24. The summed E-state index contributed by atoms with van der Waals surface area (Å²) in [7, 11) is 0. The molecule has 0 N–H and O–H groups in total. The monoisotopic (exact) mass is 400 g/mol. The fraction of sp³-hybridized carbons (Fsp3) is 0.227. The van der Waals surface area contributed by atoms with Gasteiger partial charge >= 0.3 is 0 Å². The Balaban J connectivity index is 1.30. The number of carbonyl (C=O) groups excluding carboxylic acids is 1. The van der Waals surface area contributed by atoms with Crippen molar-refractivity contribution in [3.05, 3.63) is 71.9 Å². The van der Waals surface area contributed by atoms with Crippen molar-refractivity contribution in [3.8, 4) is 23.0 Å². The van der Waals surface area contributed by atoms with Gasteiger partial charge in [-0.2, -0.15) is 4.98 Å². The molecule has 2 aromatic carbocycles. The zero-order valence-corrected chi connectivity index (χ0v) is 16.5. The van der Waals surface area contributed by atoms with Crippen LogP contribution in [-0.2, 0) is 0 Å². The average Bonchev–Trinajstić information content (AvgIpc) is 3.54. The van der Waals surface area contributed by atoms with E-state index in [0.717, 1.165) is 23.1 Å². The molecule has 30 heavy (non-hydrogen) atoms. The molecule has 8 heteroatoms. The highest BCUT2D eigenvalue weighted by Crippen LogP contribution is 2.26. The third-order valence-electron chi connectivity index (χ3n) is 5.39. The normalized spacial score (nSPS) is 16.2. The number of rotatable bonds is 4. The zero-order valence-electron chi connectivity index (χ0n) is 16.5. The summed E-state index contributed by atoms with van der Waals surface area (Å²) < 4.78 is 7.15. The van der Waals surface area contributed by atoms with Gasteiger partial charge in [0.05, 0.1) is 12.2 Å². The van der Waals surface area contributed by atoms with Gasteiger partial charge < -0.3 is 9.42 Å². The van der Waals surface area contributed by atoms with Crippen LogP contribution in [0.3, 0.4) is 0 Å². The van der Waals surface area contributed by atoms with Crippen molar-refractivity contribution in [2.24, 2.45) is 0 Å². The molecule has 1 saturated heterocycles. The minimum atomic E-state index is 0.0559. The molecule has 0 bridgehead atoms. The minimum absolute atomic E-state index is 0.0559. The van der Waals surface area contributed by atoms with Crippen LogP contribution in [0.1, 0.15) is 28.4 Å². The number of benzene rings is 2. The highest BCUT2D eigenvalue weighted by atomic mass is 16.5. The molecule has 4 aromatic rings. The second-order valence-corrected chi connectivity index (χ2v) is 7.38. The second kappa shape index (κ2) is 7.55. The Hall–Kier alpha value is -3.81. The van der Waals surface area contributed by atoms with Gasteiger partial charge in [-0.15, -0.1) is 5.10 Å². The maximum absolute atomic E-state index is 12.9. The topological polar surface area (TPSA) is 89.9 Å². The molecule has 1 fully saturated rings. The van der Waals surface area contributed by atoms with Crippen LogP contribution in [0.4, 0.5) is 0 Å². The largest absolute Gasteiger partial charge is 0.336 e. The first-order chi connectivity index (χ1) is 14.7. The molecule has 0 spiro atoms. The molecule has 0 unspecified atom stereocenters. The van der Waals surface area contributed by atoms with Gasteiger partial charge in [0, 0.05) is 24.2 Å². The molecule has 0 aliphatic carbocycles. The lowest BCUT2D eigenvalue weighted by molar-refractivity contribution is 0.0786. The first-order valence-electron chi connectivity index (χ1n) is 9.85. The highest BCUT2D eigenvalue weighted by Gasteiger charge is 2.30. The smallest absolute Gasteiger partial charge is 0.280 e. The van der Waals surface area contributed by atoms with Crippen molar-refractivity contribution < 1.29 is 9.32 Å². The molecule has 1 aliphatic heterocycles. The van der Waals surface area contributed by atoms with E-state index in [2.05, 4.69) is 20.5 Å². The number of hydrogen-bond donors (Lipinski definition) is 0. The standard InChI is InChI=1S/C22H20N6O2/c1-15-7-5-6-10-18(15)22(29)27-12-11-17(13-27)28-14-19(24-26-28)21-23-20(25-30-21)16-8-3-2-4-9-16/h2-10,14,17H,11-13H2,1H3/t17-/m1/s1. The van der Waals surface area contributed by atoms with Crippen LogP contribution in [0, 0.1) is 6.92 Å². The van der Waals surface area contributed by atoms with Gasteiger partial charge in [-0.25, -0.2) is 4.68 Å². The summed E-state index contributed by atoms with van der Waals surface area (Å²) in [4.78, 5) is 19.2. The van der Waals surface area contributed by atoms with Crippen molar-refractivity contribution in [1.82, 2.24) is 30.0 Å². The van der Waals surface area contributed by atoms with Gasteiger partial charge in [0.2, 0.25) is 5.82 Å². The quantitative estimate of drug-likeness (QED) is 0.522. The molecule has 3 heterocycles. The molecule has 0 saturated carbocycles. The Bertz CT molecular complexity index is 1180. The predicted octanol–water partition coefficient (Wildman–Crippen LogP) is 3.39. The molecule has 5 rings (SSSR count). The van der Waals surface area contributed by atoms with Gasteiger partial charge in [-0.3, -0.25) is 4.79 Å². The van der Waals surface area contributed by atoms with Gasteiger partial charge in [-0.1, -0.05) is 58.9 Å². The number of aromatic nitrogens is 5. The summed E-state index contributed by atoms with van der Waals surface area (Å²) >= 11 is 0. The second-order valence-electron chi connectivity index (χ2n) is 7.38. The van der Waals surface area contributed by atoms with Crippen molar-refractivity contribution in [2.45, 2.75) is 19.4 Å². The van der Waals surface area contributed by atoms with Crippen LogP contribution < -0.4 is 0 Å². The Morgan fingerprint density at radius 3 is 2.73 bits per heavy atom. The van der Waals surface area contributed by atoms with Gasteiger partial charge in [0.25, 0.3) is 11.8 Å². The summed E-state index contributed by atoms with van der Waals surface area (Å²) in [6, 6.07) is 17.4. The number of likely N-dealkylation sites (tertiary alicyclic amines) is 1. The molecule has 1 atom stereocenters. The Labute approximate surface area is 173 Å². The lowest BCUT2D eigenvalue weighted by atomic mass is 10.1.